The van der Waals surface area contributed by atoms with Gasteiger partial charge in [-0.25, -0.2) is 4.79 Å². The smallest absolute Gasteiger partial charge is 0.340 e. The van der Waals surface area contributed by atoms with Crippen molar-refractivity contribution in [3.8, 4) is 0 Å². The highest BCUT2D eigenvalue weighted by molar-refractivity contribution is 7.52. The third-order valence-electron chi connectivity index (χ3n) is 3.01. The molecule has 0 saturated carbocycles. The Balaban J connectivity index is 2.19. The summed E-state index contributed by atoms with van der Waals surface area (Å²) >= 11 is 0. The summed E-state index contributed by atoms with van der Waals surface area (Å²) in [5.41, 5.74) is 1.13. The molecule has 0 aliphatic carbocycles. The molecule has 0 amide bonds. The summed E-state index contributed by atoms with van der Waals surface area (Å²) < 4.78 is 22.2. The molecule has 6 heteroatoms. The van der Waals surface area contributed by atoms with E-state index < -0.39 is 19.7 Å². The number of methoxy groups -OCH3 is 1. The molecule has 0 heterocycles. The van der Waals surface area contributed by atoms with Gasteiger partial charge in [0, 0.05) is 0 Å². The Hall–Kier alpha value is -1.94. The molecule has 1 unspecified atom stereocenters. The molecule has 0 aromatic heterocycles. The monoisotopic (exact) mass is 320 g/mol. The van der Waals surface area contributed by atoms with Crippen LogP contribution in [0, 0.1) is 0 Å². The SMILES string of the molecule is COC(=O)[C@@H](OP(=O)(O)Cc1ccccc1)c1ccccc1. The first-order chi connectivity index (χ1) is 10.5. The number of carbonyl (C=O) groups is 1. The molecule has 2 atom stereocenters. The van der Waals surface area contributed by atoms with Crippen LogP contribution in [0.4, 0.5) is 0 Å². The van der Waals surface area contributed by atoms with E-state index in [1.165, 1.54) is 7.11 Å². The number of esters is 1. The van der Waals surface area contributed by atoms with Crippen LogP contribution >= 0.6 is 7.60 Å². The quantitative estimate of drug-likeness (QED) is 0.653. The Morgan fingerprint density at radius 2 is 1.64 bits per heavy atom. The lowest BCUT2D eigenvalue weighted by molar-refractivity contribution is -0.149. The molecule has 1 N–H and O–H groups in total. The summed E-state index contributed by atoms with van der Waals surface area (Å²) in [6, 6.07) is 17.3. The van der Waals surface area contributed by atoms with Gasteiger partial charge in [0.1, 0.15) is 0 Å². The minimum absolute atomic E-state index is 0.172. The van der Waals surface area contributed by atoms with Crippen molar-refractivity contribution in [2.45, 2.75) is 12.3 Å². The average Bonchev–Trinajstić information content (AvgIpc) is 2.53. The van der Waals surface area contributed by atoms with E-state index in [0.717, 1.165) is 0 Å². The molecule has 0 radical (unpaired) electrons. The van der Waals surface area contributed by atoms with Gasteiger partial charge in [0.05, 0.1) is 13.3 Å². The van der Waals surface area contributed by atoms with Crippen LogP contribution in [-0.2, 0) is 24.8 Å². The van der Waals surface area contributed by atoms with Crippen LogP contribution in [0.25, 0.3) is 0 Å². The third-order valence-corrected chi connectivity index (χ3v) is 4.32. The molecule has 22 heavy (non-hydrogen) atoms. The number of hydrogen-bond donors (Lipinski definition) is 1. The van der Waals surface area contributed by atoms with Crippen LogP contribution in [0.1, 0.15) is 17.2 Å². The van der Waals surface area contributed by atoms with E-state index in [0.29, 0.717) is 11.1 Å². The summed E-state index contributed by atoms with van der Waals surface area (Å²) in [5, 5.41) is 0. The van der Waals surface area contributed by atoms with Gasteiger partial charge in [0.25, 0.3) is 0 Å². The first-order valence-corrected chi connectivity index (χ1v) is 8.45. The van der Waals surface area contributed by atoms with Crippen molar-refractivity contribution >= 4 is 13.6 Å². The van der Waals surface area contributed by atoms with Crippen LogP contribution in [-0.4, -0.2) is 18.0 Å². The number of carbonyl (C=O) groups excluding carboxylic acids is 1. The molecule has 0 aliphatic rings. The van der Waals surface area contributed by atoms with Gasteiger partial charge in [-0.15, -0.1) is 0 Å². The number of hydrogen-bond acceptors (Lipinski definition) is 4. The zero-order valence-electron chi connectivity index (χ0n) is 12.1. The van der Waals surface area contributed by atoms with Crippen molar-refractivity contribution in [2.24, 2.45) is 0 Å². The second-order valence-electron chi connectivity index (χ2n) is 4.70. The van der Waals surface area contributed by atoms with Crippen molar-refractivity contribution in [3.63, 3.8) is 0 Å². The van der Waals surface area contributed by atoms with Gasteiger partial charge in [-0.05, 0) is 11.1 Å². The molecular formula is C16H17O5P. The fourth-order valence-corrected chi connectivity index (χ4v) is 3.27. The lowest BCUT2D eigenvalue weighted by Crippen LogP contribution is -2.17. The van der Waals surface area contributed by atoms with Crippen molar-refractivity contribution < 1.29 is 23.5 Å². The van der Waals surface area contributed by atoms with Crippen molar-refractivity contribution in [2.75, 3.05) is 7.11 Å². The molecule has 2 aromatic rings. The van der Waals surface area contributed by atoms with E-state index in [9.17, 15) is 14.3 Å². The van der Waals surface area contributed by atoms with E-state index in [2.05, 4.69) is 4.74 Å². The number of ether oxygens (including phenoxy) is 1. The molecule has 0 spiro atoms. The minimum atomic E-state index is -4.00. The zero-order valence-corrected chi connectivity index (χ0v) is 13.0. The summed E-state index contributed by atoms with van der Waals surface area (Å²) in [7, 11) is -2.79. The molecule has 0 fully saturated rings. The normalized spacial score (nSPS) is 14.8. The van der Waals surface area contributed by atoms with E-state index in [4.69, 9.17) is 4.52 Å². The van der Waals surface area contributed by atoms with Crippen molar-refractivity contribution in [1.29, 1.82) is 0 Å². The zero-order chi connectivity index (χ0) is 16.0. The van der Waals surface area contributed by atoms with Crippen LogP contribution in [0.3, 0.4) is 0 Å². The lowest BCUT2D eigenvalue weighted by Gasteiger charge is -2.20. The maximum atomic E-state index is 12.3. The molecule has 5 nitrogen and oxygen atoms in total. The first kappa shape index (κ1) is 16.4. The Morgan fingerprint density at radius 1 is 1.09 bits per heavy atom. The molecule has 116 valence electrons. The van der Waals surface area contributed by atoms with Gasteiger partial charge in [-0.2, -0.15) is 0 Å². The summed E-state index contributed by atoms with van der Waals surface area (Å²) in [6.45, 7) is 0. The minimum Gasteiger partial charge on any atom is -0.467 e. The van der Waals surface area contributed by atoms with Crippen LogP contribution in [0.15, 0.2) is 60.7 Å². The maximum Gasteiger partial charge on any atom is 0.340 e. The van der Waals surface area contributed by atoms with Gasteiger partial charge in [0.15, 0.2) is 6.10 Å². The van der Waals surface area contributed by atoms with E-state index >= 15 is 0 Å². The van der Waals surface area contributed by atoms with Gasteiger partial charge >= 0.3 is 13.6 Å². The summed E-state index contributed by atoms with van der Waals surface area (Å²) in [6.07, 6.45) is -1.40. The molecule has 0 saturated heterocycles. The topological polar surface area (TPSA) is 72.8 Å². The van der Waals surface area contributed by atoms with Crippen molar-refractivity contribution in [3.05, 3.63) is 71.8 Å². The fraction of sp³-hybridized carbons (Fsp3) is 0.188. The average molecular weight is 320 g/mol. The molecular weight excluding hydrogens is 303 g/mol. The largest absolute Gasteiger partial charge is 0.467 e. The Bertz CT molecular complexity index is 657. The van der Waals surface area contributed by atoms with Gasteiger partial charge < -0.3 is 9.63 Å². The molecule has 2 aromatic carbocycles. The van der Waals surface area contributed by atoms with Gasteiger partial charge in [0.2, 0.25) is 0 Å². The van der Waals surface area contributed by atoms with E-state index in [1.54, 1.807) is 54.6 Å². The third kappa shape index (κ3) is 4.53. The Labute approximate surface area is 129 Å². The Morgan fingerprint density at radius 3 is 2.18 bits per heavy atom. The summed E-state index contributed by atoms with van der Waals surface area (Å²) in [4.78, 5) is 21.9. The van der Waals surface area contributed by atoms with Crippen LogP contribution in [0.2, 0.25) is 0 Å². The molecule has 0 aliphatic heterocycles. The highest BCUT2D eigenvalue weighted by atomic mass is 31.2. The predicted molar refractivity (Wildman–Crippen MR) is 82.3 cm³/mol. The standard InChI is InChI=1S/C16H17O5P/c1-20-16(17)15(14-10-6-3-7-11-14)21-22(18,19)12-13-8-4-2-5-9-13/h2-11,15H,12H2,1H3,(H,18,19)/t15-/m0/s1. The fourth-order valence-electron chi connectivity index (χ4n) is 1.99. The van der Waals surface area contributed by atoms with E-state index in [-0.39, 0.29) is 6.16 Å². The Kier molecular flexibility index (Phi) is 5.50. The van der Waals surface area contributed by atoms with Gasteiger partial charge in [-0.3, -0.25) is 9.09 Å². The lowest BCUT2D eigenvalue weighted by atomic mass is 10.1. The molecule has 0 bridgehead atoms. The number of benzene rings is 2. The highest BCUT2D eigenvalue weighted by Crippen LogP contribution is 2.50. The van der Waals surface area contributed by atoms with E-state index in [1.807, 2.05) is 6.07 Å². The molecule has 2 rings (SSSR count). The first-order valence-electron chi connectivity index (χ1n) is 6.69. The van der Waals surface area contributed by atoms with Crippen LogP contribution in [0.5, 0.6) is 0 Å². The van der Waals surface area contributed by atoms with Crippen molar-refractivity contribution in [1.82, 2.24) is 0 Å². The summed E-state index contributed by atoms with van der Waals surface area (Å²) in [5.74, 6) is -0.714. The van der Waals surface area contributed by atoms with Crippen LogP contribution < -0.4 is 0 Å². The maximum absolute atomic E-state index is 12.3. The van der Waals surface area contributed by atoms with Gasteiger partial charge in [-0.1, -0.05) is 60.7 Å². The number of rotatable bonds is 6. The predicted octanol–water partition coefficient (Wildman–Crippen LogP) is 3.30. The highest BCUT2D eigenvalue weighted by Gasteiger charge is 2.31. The second kappa shape index (κ2) is 7.36. The second-order valence-corrected chi connectivity index (χ2v) is 6.50.